The molecule has 3 N–H and O–H groups in total. The van der Waals surface area contributed by atoms with Gasteiger partial charge in [0.15, 0.2) is 18.2 Å². The number of halogens is 2. The zero-order valence-electron chi connectivity index (χ0n) is 12.8. The van der Waals surface area contributed by atoms with E-state index in [2.05, 4.69) is 5.32 Å². The Labute approximate surface area is 136 Å². The highest BCUT2D eigenvalue weighted by Crippen LogP contribution is 2.15. The summed E-state index contributed by atoms with van der Waals surface area (Å²) in [5.41, 5.74) is 0.947. The summed E-state index contributed by atoms with van der Waals surface area (Å²) in [6, 6.07) is 8.85. The second kappa shape index (κ2) is 7.60. The lowest BCUT2D eigenvalue weighted by Gasteiger charge is -2.11. The van der Waals surface area contributed by atoms with E-state index in [0.29, 0.717) is 11.3 Å². The molecule has 8 heteroatoms. The molecule has 2 rings (SSSR count). The molecule has 0 aliphatic rings. The first-order chi connectivity index (χ1) is 11.4. The summed E-state index contributed by atoms with van der Waals surface area (Å²) in [4.78, 5) is 21.9. The summed E-state index contributed by atoms with van der Waals surface area (Å²) in [5, 5.41) is 14.8. The van der Waals surface area contributed by atoms with E-state index in [1.165, 1.54) is 30.3 Å². The number of benzene rings is 2. The number of hydrogen-bond donors (Lipinski definition) is 2. The molecule has 0 aliphatic heterocycles. The Balaban J connectivity index is 1.88. The Morgan fingerprint density at radius 3 is 2.46 bits per heavy atom. The molecule has 0 aliphatic carbocycles. The molecule has 2 aromatic carbocycles. The average Bonchev–Trinajstić information content (AvgIpc) is 2.55. The van der Waals surface area contributed by atoms with Crippen molar-refractivity contribution in [3.8, 4) is 0 Å². The normalized spacial score (nSPS) is 11.8. The number of nitrogens with zero attached hydrogens (tertiary/aromatic N) is 1. The van der Waals surface area contributed by atoms with E-state index in [1.54, 1.807) is 12.2 Å². The standard InChI is InChI=1S/C16H15F2N3O3/c1-10(11-2-7-14(17)15(18)8-11)19-9-16(22)20-12-3-5-13(6-4-12)21(23)24/h2-8,10,19H,9H2,1H3,(H,20,22)/p+1/t10-/m1/s1. The second-order valence-corrected chi connectivity index (χ2v) is 5.25. The molecule has 2 aromatic rings. The van der Waals surface area contributed by atoms with Crippen LogP contribution in [0.4, 0.5) is 20.2 Å². The molecule has 0 unspecified atom stereocenters. The summed E-state index contributed by atoms with van der Waals surface area (Å²) < 4.78 is 26.1. The smallest absolute Gasteiger partial charge is 0.279 e. The van der Waals surface area contributed by atoms with Crippen LogP contribution in [0.1, 0.15) is 18.5 Å². The van der Waals surface area contributed by atoms with Crippen LogP contribution in [0.2, 0.25) is 0 Å². The molecule has 0 radical (unpaired) electrons. The molecule has 1 atom stereocenters. The van der Waals surface area contributed by atoms with Crippen molar-refractivity contribution in [3.05, 3.63) is 69.8 Å². The van der Waals surface area contributed by atoms with E-state index >= 15 is 0 Å². The topological polar surface area (TPSA) is 88.8 Å². The van der Waals surface area contributed by atoms with E-state index < -0.39 is 16.6 Å². The Morgan fingerprint density at radius 2 is 1.88 bits per heavy atom. The van der Waals surface area contributed by atoms with Crippen LogP contribution in [0.15, 0.2) is 42.5 Å². The van der Waals surface area contributed by atoms with Gasteiger partial charge in [-0.05, 0) is 37.3 Å². The van der Waals surface area contributed by atoms with E-state index in [4.69, 9.17) is 0 Å². The highest BCUT2D eigenvalue weighted by Gasteiger charge is 2.14. The van der Waals surface area contributed by atoms with Gasteiger partial charge in [0.05, 0.1) is 4.92 Å². The van der Waals surface area contributed by atoms with Crippen molar-refractivity contribution in [1.29, 1.82) is 0 Å². The van der Waals surface area contributed by atoms with Crippen LogP contribution in [0, 0.1) is 21.7 Å². The molecule has 0 aromatic heterocycles. The number of carbonyl (C=O) groups is 1. The zero-order chi connectivity index (χ0) is 17.7. The van der Waals surface area contributed by atoms with Crippen LogP contribution in [-0.4, -0.2) is 17.4 Å². The molecule has 0 fully saturated rings. The number of rotatable bonds is 6. The molecule has 0 heterocycles. The van der Waals surface area contributed by atoms with E-state index in [9.17, 15) is 23.7 Å². The second-order valence-electron chi connectivity index (χ2n) is 5.25. The molecule has 0 saturated carbocycles. The Morgan fingerprint density at radius 1 is 1.21 bits per heavy atom. The third-order valence-electron chi connectivity index (χ3n) is 3.49. The fraction of sp³-hybridized carbons (Fsp3) is 0.188. The molecular weight excluding hydrogens is 320 g/mol. The molecule has 0 saturated heterocycles. The summed E-state index contributed by atoms with van der Waals surface area (Å²) in [5.74, 6) is -2.15. The van der Waals surface area contributed by atoms with Gasteiger partial charge < -0.3 is 10.6 Å². The lowest BCUT2D eigenvalue weighted by molar-refractivity contribution is -0.682. The summed E-state index contributed by atoms with van der Waals surface area (Å²) in [6.07, 6.45) is 0. The highest BCUT2D eigenvalue weighted by atomic mass is 19.2. The van der Waals surface area contributed by atoms with E-state index in [-0.39, 0.29) is 24.2 Å². The van der Waals surface area contributed by atoms with E-state index in [0.717, 1.165) is 12.1 Å². The van der Waals surface area contributed by atoms with Crippen molar-refractivity contribution >= 4 is 17.3 Å². The van der Waals surface area contributed by atoms with Gasteiger partial charge in [-0.2, -0.15) is 0 Å². The van der Waals surface area contributed by atoms with Gasteiger partial charge in [-0.1, -0.05) is 0 Å². The first-order valence-corrected chi connectivity index (χ1v) is 7.19. The Hall–Kier alpha value is -2.87. The van der Waals surface area contributed by atoms with Crippen molar-refractivity contribution < 1.29 is 23.8 Å². The van der Waals surface area contributed by atoms with Crippen LogP contribution in [0.5, 0.6) is 0 Å². The van der Waals surface area contributed by atoms with Gasteiger partial charge in [-0.3, -0.25) is 14.9 Å². The predicted octanol–water partition coefficient (Wildman–Crippen LogP) is 2.14. The summed E-state index contributed by atoms with van der Waals surface area (Å²) >= 11 is 0. The Bertz CT molecular complexity index is 751. The van der Waals surface area contributed by atoms with Crippen LogP contribution < -0.4 is 10.6 Å². The maximum Gasteiger partial charge on any atom is 0.279 e. The average molecular weight is 336 g/mol. The first-order valence-electron chi connectivity index (χ1n) is 7.19. The minimum atomic E-state index is -0.928. The van der Waals surface area contributed by atoms with Crippen LogP contribution in [-0.2, 0) is 4.79 Å². The minimum absolute atomic E-state index is 0.0634. The number of quaternary nitrogens is 1. The van der Waals surface area contributed by atoms with Gasteiger partial charge >= 0.3 is 0 Å². The molecule has 126 valence electrons. The van der Waals surface area contributed by atoms with Crippen LogP contribution in [0.3, 0.4) is 0 Å². The quantitative estimate of drug-likeness (QED) is 0.626. The predicted molar refractivity (Wildman–Crippen MR) is 83.3 cm³/mol. The van der Waals surface area contributed by atoms with Crippen molar-refractivity contribution in [1.82, 2.24) is 0 Å². The monoisotopic (exact) mass is 336 g/mol. The third-order valence-corrected chi connectivity index (χ3v) is 3.49. The lowest BCUT2D eigenvalue weighted by atomic mass is 10.1. The van der Waals surface area contributed by atoms with Crippen molar-refractivity contribution in [2.75, 3.05) is 11.9 Å². The van der Waals surface area contributed by atoms with Gasteiger partial charge in [0.1, 0.15) is 6.04 Å². The fourth-order valence-corrected chi connectivity index (χ4v) is 2.09. The van der Waals surface area contributed by atoms with Crippen molar-refractivity contribution in [3.63, 3.8) is 0 Å². The summed E-state index contributed by atoms with van der Waals surface area (Å²) in [7, 11) is 0. The molecule has 1 amide bonds. The lowest BCUT2D eigenvalue weighted by Crippen LogP contribution is -2.86. The minimum Gasteiger partial charge on any atom is -0.333 e. The molecule has 0 bridgehead atoms. The fourth-order valence-electron chi connectivity index (χ4n) is 2.09. The number of nitrogens with one attached hydrogen (secondary N) is 1. The largest absolute Gasteiger partial charge is 0.333 e. The molecule has 6 nitrogen and oxygen atoms in total. The van der Waals surface area contributed by atoms with Gasteiger partial charge in [0, 0.05) is 23.4 Å². The van der Waals surface area contributed by atoms with Crippen molar-refractivity contribution in [2.24, 2.45) is 0 Å². The van der Waals surface area contributed by atoms with E-state index in [1.807, 2.05) is 0 Å². The number of non-ortho nitro benzene ring substituents is 1. The van der Waals surface area contributed by atoms with Gasteiger partial charge in [0.2, 0.25) is 0 Å². The third kappa shape index (κ3) is 4.56. The highest BCUT2D eigenvalue weighted by molar-refractivity contribution is 5.91. The number of anilines is 1. The van der Waals surface area contributed by atoms with Gasteiger partial charge in [0.25, 0.3) is 11.6 Å². The van der Waals surface area contributed by atoms with Gasteiger partial charge in [-0.15, -0.1) is 0 Å². The van der Waals surface area contributed by atoms with Crippen molar-refractivity contribution in [2.45, 2.75) is 13.0 Å². The van der Waals surface area contributed by atoms with Crippen LogP contribution in [0.25, 0.3) is 0 Å². The number of carbonyl (C=O) groups excluding carboxylic acids is 1. The number of amides is 1. The number of nitro benzene ring substituents is 1. The number of nitro groups is 1. The first kappa shape index (κ1) is 17.5. The summed E-state index contributed by atoms with van der Waals surface area (Å²) in [6.45, 7) is 1.84. The molecular formula is C16H16F2N3O3+. The van der Waals surface area contributed by atoms with Gasteiger partial charge in [-0.25, -0.2) is 8.78 Å². The maximum absolute atomic E-state index is 13.2. The van der Waals surface area contributed by atoms with Crippen LogP contribution >= 0.6 is 0 Å². The SMILES string of the molecule is C[C@@H]([NH2+]CC(=O)Nc1ccc([N+](=O)[O-])cc1)c1ccc(F)c(F)c1. The maximum atomic E-state index is 13.2. The Kier molecular flexibility index (Phi) is 5.54. The zero-order valence-corrected chi connectivity index (χ0v) is 12.8. The number of hydrogen-bond acceptors (Lipinski definition) is 3. The molecule has 24 heavy (non-hydrogen) atoms. The molecule has 0 spiro atoms. The number of nitrogens with two attached hydrogens (primary N) is 1.